The molecule has 1 N–H and O–H groups in total. The summed E-state index contributed by atoms with van der Waals surface area (Å²) in [5.41, 5.74) is 3.13. The first kappa shape index (κ1) is 20.0. The Labute approximate surface area is 169 Å². The van der Waals surface area contributed by atoms with Crippen LogP contribution in [0.25, 0.3) is 0 Å². The van der Waals surface area contributed by atoms with E-state index in [9.17, 15) is 13.2 Å². The molecule has 1 amide bonds. The summed E-state index contributed by atoms with van der Waals surface area (Å²) in [6.45, 7) is 4.72. The number of nitrogens with one attached hydrogen (secondary N) is 1. The monoisotopic (exact) mass is 426 g/mol. The molecule has 0 bridgehead atoms. The second-order valence-electron chi connectivity index (χ2n) is 6.54. The van der Waals surface area contributed by atoms with Crippen LogP contribution < -0.4 is 4.72 Å². The summed E-state index contributed by atoms with van der Waals surface area (Å²) in [5, 5.41) is 0.476. The lowest BCUT2D eigenvalue weighted by molar-refractivity contribution is -0.131. The van der Waals surface area contributed by atoms with Gasteiger partial charge in [-0.25, -0.2) is 8.42 Å². The molecule has 0 saturated heterocycles. The SMILES string of the molecule is CCC(=O)N1CCc2ccc(NS(=O)(=O)c3cc(C)c(Cl)cc3Cl)cc2C1. The molecule has 0 unspecified atom stereocenters. The van der Waals surface area contributed by atoms with Crippen molar-refractivity contribution in [3.05, 3.63) is 57.1 Å². The zero-order chi connectivity index (χ0) is 19.8. The van der Waals surface area contributed by atoms with Gasteiger partial charge >= 0.3 is 0 Å². The van der Waals surface area contributed by atoms with Crippen molar-refractivity contribution in [2.75, 3.05) is 11.3 Å². The number of halogens is 2. The van der Waals surface area contributed by atoms with Gasteiger partial charge in [-0.05, 0) is 54.3 Å². The molecule has 3 rings (SSSR count). The molecule has 0 fully saturated rings. The van der Waals surface area contributed by atoms with Crippen LogP contribution in [-0.4, -0.2) is 25.8 Å². The fourth-order valence-electron chi connectivity index (χ4n) is 3.10. The lowest BCUT2D eigenvalue weighted by Gasteiger charge is -2.29. The molecule has 1 aliphatic rings. The van der Waals surface area contributed by atoms with Crippen LogP contribution in [0, 0.1) is 6.92 Å². The molecule has 27 heavy (non-hydrogen) atoms. The molecule has 0 spiro atoms. The van der Waals surface area contributed by atoms with E-state index in [1.807, 2.05) is 13.0 Å². The molecule has 1 heterocycles. The topological polar surface area (TPSA) is 66.5 Å². The standard InChI is InChI=1S/C19H20Cl2N2O3S/c1-3-19(24)23-7-6-13-4-5-15(9-14(13)11-23)22-27(25,26)18-8-12(2)16(20)10-17(18)21/h4-5,8-10,22H,3,6-7,11H2,1-2H3. The molecule has 8 heteroatoms. The molecule has 0 saturated carbocycles. The van der Waals surface area contributed by atoms with E-state index in [1.165, 1.54) is 12.1 Å². The number of rotatable bonds is 4. The Hall–Kier alpha value is -1.76. The average molecular weight is 427 g/mol. The Morgan fingerprint density at radius 1 is 1.15 bits per heavy atom. The molecule has 0 aromatic heterocycles. The summed E-state index contributed by atoms with van der Waals surface area (Å²) in [6.07, 6.45) is 1.21. The van der Waals surface area contributed by atoms with Crippen LogP contribution in [0.3, 0.4) is 0 Å². The van der Waals surface area contributed by atoms with Crippen molar-refractivity contribution in [1.29, 1.82) is 0 Å². The van der Waals surface area contributed by atoms with Gasteiger partial charge < -0.3 is 4.90 Å². The van der Waals surface area contributed by atoms with Crippen LogP contribution in [0.2, 0.25) is 10.0 Å². The minimum absolute atomic E-state index is 0.0217. The highest BCUT2D eigenvalue weighted by Crippen LogP contribution is 2.30. The molecule has 5 nitrogen and oxygen atoms in total. The third-order valence-electron chi connectivity index (χ3n) is 4.63. The van der Waals surface area contributed by atoms with Crippen LogP contribution in [0.5, 0.6) is 0 Å². The van der Waals surface area contributed by atoms with Crippen molar-refractivity contribution in [2.45, 2.75) is 38.1 Å². The molecule has 0 radical (unpaired) electrons. The summed E-state index contributed by atoms with van der Waals surface area (Å²) >= 11 is 12.1. The van der Waals surface area contributed by atoms with E-state index in [0.29, 0.717) is 35.8 Å². The summed E-state index contributed by atoms with van der Waals surface area (Å²) in [5.74, 6) is 0.0926. The zero-order valence-corrected chi connectivity index (χ0v) is 17.4. The second kappa shape index (κ2) is 7.70. The van der Waals surface area contributed by atoms with Gasteiger partial charge in [-0.15, -0.1) is 0 Å². The molecule has 2 aromatic carbocycles. The van der Waals surface area contributed by atoms with Crippen molar-refractivity contribution in [2.24, 2.45) is 0 Å². The Morgan fingerprint density at radius 3 is 2.59 bits per heavy atom. The number of amides is 1. The molecular formula is C19H20Cl2N2O3S. The summed E-state index contributed by atoms with van der Waals surface area (Å²) in [7, 11) is -3.87. The lowest BCUT2D eigenvalue weighted by Crippen LogP contribution is -2.35. The van der Waals surface area contributed by atoms with E-state index < -0.39 is 10.0 Å². The van der Waals surface area contributed by atoms with Crippen LogP contribution in [0.15, 0.2) is 35.2 Å². The number of carbonyl (C=O) groups is 1. The van der Waals surface area contributed by atoms with Crippen molar-refractivity contribution in [1.82, 2.24) is 4.90 Å². The first-order valence-electron chi connectivity index (χ1n) is 8.59. The molecule has 1 aliphatic heterocycles. The van der Waals surface area contributed by atoms with Crippen molar-refractivity contribution in [3.8, 4) is 0 Å². The van der Waals surface area contributed by atoms with Gasteiger partial charge in [0.2, 0.25) is 5.91 Å². The fraction of sp³-hybridized carbons (Fsp3) is 0.316. The van der Waals surface area contributed by atoms with Crippen molar-refractivity contribution < 1.29 is 13.2 Å². The highest BCUT2D eigenvalue weighted by Gasteiger charge is 2.22. The van der Waals surface area contributed by atoms with Crippen molar-refractivity contribution in [3.63, 3.8) is 0 Å². The highest BCUT2D eigenvalue weighted by molar-refractivity contribution is 7.92. The van der Waals surface area contributed by atoms with Crippen LogP contribution in [-0.2, 0) is 27.8 Å². The number of benzene rings is 2. The van der Waals surface area contributed by atoms with Gasteiger partial charge in [0.1, 0.15) is 4.90 Å². The number of hydrogen-bond acceptors (Lipinski definition) is 3. The predicted molar refractivity (Wildman–Crippen MR) is 108 cm³/mol. The minimum atomic E-state index is -3.87. The molecule has 0 aliphatic carbocycles. The van der Waals surface area contributed by atoms with Crippen LogP contribution in [0.1, 0.15) is 30.0 Å². The maximum absolute atomic E-state index is 12.8. The van der Waals surface area contributed by atoms with Crippen molar-refractivity contribution >= 4 is 44.8 Å². The zero-order valence-electron chi connectivity index (χ0n) is 15.1. The summed E-state index contributed by atoms with van der Waals surface area (Å²) in [6, 6.07) is 8.28. The normalized spacial score (nSPS) is 14.0. The van der Waals surface area contributed by atoms with E-state index in [-0.39, 0.29) is 15.8 Å². The summed E-state index contributed by atoms with van der Waals surface area (Å²) in [4.78, 5) is 13.7. The van der Waals surface area contributed by atoms with Gasteiger partial charge in [0.15, 0.2) is 0 Å². The van der Waals surface area contributed by atoms with Gasteiger partial charge in [0.25, 0.3) is 10.0 Å². The number of sulfonamides is 1. The highest BCUT2D eigenvalue weighted by atomic mass is 35.5. The largest absolute Gasteiger partial charge is 0.338 e. The smallest absolute Gasteiger partial charge is 0.263 e. The third kappa shape index (κ3) is 4.23. The Balaban J connectivity index is 1.88. The number of nitrogens with zero attached hydrogens (tertiary/aromatic N) is 1. The van der Waals surface area contributed by atoms with Gasteiger partial charge in [-0.3, -0.25) is 9.52 Å². The second-order valence-corrected chi connectivity index (χ2v) is 9.00. The van der Waals surface area contributed by atoms with E-state index in [2.05, 4.69) is 4.72 Å². The van der Waals surface area contributed by atoms with E-state index in [4.69, 9.17) is 23.2 Å². The maximum atomic E-state index is 12.8. The summed E-state index contributed by atoms with van der Waals surface area (Å²) < 4.78 is 28.1. The number of carbonyl (C=O) groups excluding carboxylic acids is 1. The number of anilines is 1. The lowest BCUT2D eigenvalue weighted by atomic mass is 9.99. The van der Waals surface area contributed by atoms with Crippen LogP contribution in [0.4, 0.5) is 5.69 Å². The Morgan fingerprint density at radius 2 is 1.89 bits per heavy atom. The van der Waals surface area contributed by atoms with Gasteiger partial charge in [0, 0.05) is 30.2 Å². The van der Waals surface area contributed by atoms with Gasteiger partial charge in [-0.1, -0.05) is 36.2 Å². The average Bonchev–Trinajstić information content (AvgIpc) is 2.63. The van der Waals surface area contributed by atoms with E-state index in [1.54, 1.807) is 24.0 Å². The number of aryl methyl sites for hydroxylation is 1. The molecule has 2 aromatic rings. The quantitative estimate of drug-likeness (QED) is 0.787. The molecular weight excluding hydrogens is 407 g/mol. The minimum Gasteiger partial charge on any atom is -0.338 e. The maximum Gasteiger partial charge on any atom is 0.263 e. The molecule has 0 atom stereocenters. The number of fused-ring (bicyclic) bond motifs is 1. The van der Waals surface area contributed by atoms with E-state index in [0.717, 1.165) is 17.5 Å². The first-order valence-corrected chi connectivity index (χ1v) is 10.8. The van der Waals surface area contributed by atoms with Crippen LogP contribution >= 0.6 is 23.2 Å². The Bertz CT molecular complexity index is 1010. The number of hydrogen-bond donors (Lipinski definition) is 1. The first-order chi connectivity index (χ1) is 12.7. The fourth-order valence-corrected chi connectivity index (χ4v) is 4.99. The van der Waals surface area contributed by atoms with Gasteiger partial charge in [0.05, 0.1) is 5.02 Å². The third-order valence-corrected chi connectivity index (χ3v) is 6.88. The van der Waals surface area contributed by atoms with E-state index >= 15 is 0 Å². The predicted octanol–water partition coefficient (Wildman–Crippen LogP) is 4.40. The van der Waals surface area contributed by atoms with Gasteiger partial charge in [-0.2, -0.15) is 0 Å². The molecule has 144 valence electrons. The Kier molecular flexibility index (Phi) is 5.70.